The molecule has 0 radical (unpaired) electrons. The molecule has 0 aromatic carbocycles. The first kappa shape index (κ1) is 8.96. The number of hydrogen-bond donors (Lipinski definition) is 0. The van der Waals surface area contributed by atoms with Gasteiger partial charge in [0.1, 0.15) is 0 Å². The van der Waals surface area contributed by atoms with Crippen LogP contribution in [0.15, 0.2) is 0 Å². The van der Waals surface area contributed by atoms with Gasteiger partial charge in [0.15, 0.2) is 0 Å². The monoisotopic (exact) mass is 235 g/mol. The van der Waals surface area contributed by atoms with Gasteiger partial charge in [0.2, 0.25) is 0 Å². The summed E-state index contributed by atoms with van der Waals surface area (Å²) in [5, 5.41) is 0. The second-order valence-electron chi connectivity index (χ2n) is 3.25. The quantitative estimate of drug-likeness (QED) is 0.549. The summed E-state index contributed by atoms with van der Waals surface area (Å²) in [5.74, 6) is 2.03. The molecule has 5 heteroatoms. The van der Waals surface area contributed by atoms with Crippen LogP contribution in [0.4, 0.5) is 0 Å². The number of fused-ring (bicyclic) bond motifs is 6. The van der Waals surface area contributed by atoms with Crippen molar-refractivity contribution in [2.75, 3.05) is 39.5 Å². The summed E-state index contributed by atoms with van der Waals surface area (Å²) < 4.78 is 16.9. The van der Waals surface area contributed by atoms with Crippen LogP contribution in [-0.4, -0.2) is 58.6 Å². The van der Waals surface area contributed by atoms with Crippen LogP contribution in [0.2, 0.25) is 5.76 Å². The van der Waals surface area contributed by atoms with E-state index < -0.39 is 14.3 Å². The van der Waals surface area contributed by atoms with Crippen molar-refractivity contribution in [3.05, 3.63) is 0 Å². The normalized spacial score (nSPS) is 43.2. The van der Waals surface area contributed by atoms with E-state index in [-0.39, 0.29) is 0 Å². The number of hydrogen-bond acceptors (Lipinski definition) is 4. The van der Waals surface area contributed by atoms with Gasteiger partial charge in [-0.1, -0.05) is 0 Å². The zero-order valence-corrected chi connectivity index (χ0v) is 9.51. The van der Waals surface area contributed by atoms with E-state index >= 15 is 0 Å². The Balaban J connectivity index is 2.06. The first-order valence-electron chi connectivity index (χ1n) is 4.43. The Bertz CT molecular complexity index is 140. The van der Waals surface area contributed by atoms with Crippen LogP contribution >= 0.6 is 0 Å². The molecule has 3 aliphatic heterocycles. The Morgan fingerprint density at radius 2 is 1.33 bits per heavy atom. The molecule has 0 spiro atoms. The van der Waals surface area contributed by atoms with E-state index in [9.17, 15) is 0 Å². The van der Waals surface area contributed by atoms with Crippen molar-refractivity contribution >= 4 is 14.3 Å². The maximum absolute atomic E-state index is 5.64. The third-order valence-corrected chi connectivity index (χ3v) is 6.90. The van der Waals surface area contributed by atoms with Crippen molar-refractivity contribution < 1.29 is 11.3 Å². The first-order chi connectivity index (χ1) is 5.79. The minimum atomic E-state index is -2.71. The zero-order chi connectivity index (χ0) is 8.44. The van der Waals surface area contributed by atoms with E-state index in [2.05, 4.69) is 4.90 Å². The molecule has 0 aliphatic carbocycles. The predicted molar refractivity (Wildman–Crippen MR) is 45.9 cm³/mol. The molecule has 0 saturated carbocycles. The fourth-order valence-electron chi connectivity index (χ4n) is 1.54. The standard InChI is InChI=1S/C7H15GeNO3/c1-8-10-5-2-9(3-6-11-8)4-7-12-8/h2-7H2,1H3. The van der Waals surface area contributed by atoms with Crippen molar-refractivity contribution in [3.8, 4) is 0 Å². The van der Waals surface area contributed by atoms with Gasteiger partial charge in [-0.3, -0.25) is 0 Å². The van der Waals surface area contributed by atoms with Gasteiger partial charge in [-0.25, -0.2) is 0 Å². The van der Waals surface area contributed by atoms with E-state index in [1.165, 1.54) is 0 Å². The molecule has 12 heavy (non-hydrogen) atoms. The molecule has 0 atom stereocenters. The molecule has 2 bridgehead atoms. The number of rotatable bonds is 0. The maximum atomic E-state index is 5.64. The molecule has 0 N–H and O–H groups in total. The van der Waals surface area contributed by atoms with Gasteiger partial charge in [-0.15, -0.1) is 0 Å². The van der Waals surface area contributed by atoms with Crippen molar-refractivity contribution in [1.29, 1.82) is 0 Å². The van der Waals surface area contributed by atoms with Crippen LogP contribution in [0.1, 0.15) is 0 Å². The van der Waals surface area contributed by atoms with Gasteiger partial charge in [0.05, 0.1) is 0 Å². The summed E-state index contributed by atoms with van der Waals surface area (Å²) in [6.45, 7) is 5.43. The molecule has 0 unspecified atom stereocenters. The summed E-state index contributed by atoms with van der Waals surface area (Å²) >= 11 is -2.71. The fourth-order valence-corrected chi connectivity index (χ4v) is 4.97. The molecule has 0 amide bonds. The molecule has 0 aromatic heterocycles. The molecule has 3 heterocycles. The molecule has 4 nitrogen and oxygen atoms in total. The third kappa shape index (κ3) is 2.00. The molecule has 0 aromatic rings. The second-order valence-corrected chi connectivity index (χ2v) is 8.69. The summed E-state index contributed by atoms with van der Waals surface area (Å²) in [5.41, 5.74) is 0. The van der Waals surface area contributed by atoms with E-state index in [0.29, 0.717) is 0 Å². The van der Waals surface area contributed by atoms with Crippen LogP contribution in [0.5, 0.6) is 0 Å². The van der Waals surface area contributed by atoms with Crippen LogP contribution < -0.4 is 0 Å². The predicted octanol–water partition coefficient (Wildman–Crippen LogP) is -0.0659. The molecular formula is C7H15GeNO3. The minimum absolute atomic E-state index is 0.774. The van der Waals surface area contributed by atoms with E-state index in [1.807, 2.05) is 5.76 Å². The zero-order valence-electron chi connectivity index (χ0n) is 7.41. The Morgan fingerprint density at radius 1 is 0.917 bits per heavy atom. The van der Waals surface area contributed by atoms with E-state index in [0.717, 1.165) is 39.5 Å². The van der Waals surface area contributed by atoms with Crippen molar-refractivity contribution in [2.24, 2.45) is 0 Å². The van der Waals surface area contributed by atoms with Crippen LogP contribution in [0.3, 0.4) is 0 Å². The van der Waals surface area contributed by atoms with Gasteiger partial charge >= 0.3 is 75.7 Å². The average Bonchev–Trinajstić information content (AvgIpc) is 1.93. The second kappa shape index (κ2) is 3.63. The Morgan fingerprint density at radius 3 is 1.75 bits per heavy atom. The van der Waals surface area contributed by atoms with Crippen molar-refractivity contribution in [3.63, 3.8) is 0 Å². The average molecular weight is 234 g/mol. The number of nitrogens with zero attached hydrogens (tertiary/aromatic N) is 1. The summed E-state index contributed by atoms with van der Waals surface area (Å²) in [7, 11) is 0. The Labute approximate surface area is 76.2 Å². The van der Waals surface area contributed by atoms with Crippen LogP contribution in [-0.2, 0) is 11.3 Å². The van der Waals surface area contributed by atoms with Gasteiger partial charge in [0.25, 0.3) is 0 Å². The van der Waals surface area contributed by atoms with Gasteiger partial charge in [0, 0.05) is 0 Å². The molecule has 70 valence electrons. The van der Waals surface area contributed by atoms with Crippen LogP contribution in [0.25, 0.3) is 0 Å². The van der Waals surface area contributed by atoms with E-state index in [1.54, 1.807) is 0 Å². The Hall–Kier alpha value is 0.383. The SMILES string of the molecule is [CH3][Ge]12[O]CCN(CC[O]1)CC[O]2. The molecule has 3 aliphatic rings. The van der Waals surface area contributed by atoms with Gasteiger partial charge in [-0.2, -0.15) is 0 Å². The molecule has 3 rings (SSSR count). The van der Waals surface area contributed by atoms with Crippen molar-refractivity contribution in [1.82, 2.24) is 4.90 Å². The summed E-state index contributed by atoms with van der Waals surface area (Å²) in [6.07, 6.45) is 0. The Kier molecular flexibility index (Phi) is 2.71. The van der Waals surface area contributed by atoms with Crippen LogP contribution in [0, 0.1) is 0 Å². The topological polar surface area (TPSA) is 30.9 Å². The van der Waals surface area contributed by atoms with Gasteiger partial charge in [-0.05, 0) is 0 Å². The third-order valence-electron chi connectivity index (χ3n) is 2.32. The molecule has 3 saturated heterocycles. The molecular weight excluding hydrogens is 219 g/mol. The van der Waals surface area contributed by atoms with Crippen molar-refractivity contribution in [2.45, 2.75) is 5.76 Å². The molecule has 3 fully saturated rings. The first-order valence-corrected chi connectivity index (χ1v) is 9.09. The van der Waals surface area contributed by atoms with Gasteiger partial charge < -0.3 is 0 Å². The fraction of sp³-hybridized carbons (Fsp3) is 1.00. The summed E-state index contributed by atoms with van der Waals surface area (Å²) in [6, 6.07) is 0. The summed E-state index contributed by atoms with van der Waals surface area (Å²) in [4.78, 5) is 2.32. The van der Waals surface area contributed by atoms with E-state index in [4.69, 9.17) is 11.3 Å².